The van der Waals surface area contributed by atoms with E-state index >= 15 is 0 Å². The Labute approximate surface area is 132 Å². The molecule has 0 amide bonds. The van der Waals surface area contributed by atoms with Crippen molar-refractivity contribution in [2.75, 3.05) is 13.7 Å². The SMILES string of the molecule is COc1ccc(-n2nc(C(=O)C3CO3)c(C(F)(F)F)cc2=O)cn1. The molecule has 126 valence electrons. The lowest BCUT2D eigenvalue weighted by Crippen LogP contribution is -2.29. The van der Waals surface area contributed by atoms with Gasteiger partial charge in [0.2, 0.25) is 11.7 Å². The fourth-order valence-electron chi connectivity index (χ4n) is 2.01. The number of carbonyl (C=O) groups excluding carboxylic acids is 1. The lowest BCUT2D eigenvalue weighted by molar-refractivity contribution is -0.138. The number of halogens is 3. The van der Waals surface area contributed by atoms with Crippen molar-refractivity contribution >= 4 is 5.78 Å². The number of carbonyl (C=O) groups is 1. The second-order valence-corrected chi connectivity index (χ2v) is 4.90. The number of ether oxygens (including phenoxy) is 2. The van der Waals surface area contributed by atoms with Crippen LogP contribution in [0, 0.1) is 0 Å². The van der Waals surface area contributed by atoms with E-state index in [9.17, 15) is 22.8 Å². The Bertz CT molecular complexity index is 842. The van der Waals surface area contributed by atoms with Crippen molar-refractivity contribution < 1.29 is 27.4 Å². The Morgan fingerprint density at radius 1 is 1.42 bits per heavy atom. The van der Waals surface area contributed by atoms with Crippen molar-refractivity contribution in [3.05, 3.63) is 46.0 Å². The van der Waals surface area contributed by atoms with E-state index in [1.807, 2.05) is 0 Å². The molecule has 3 heterocycles. The van der Waals surface area contributed by atoms with Crippen LogP contribution in [-0.2, 0) is 10.9 Å². The lowest BCUT2D eigenvalue weighted by atomic mass is 10.1. The largest absolute Gasteiger partial charge is 0.481 e. The van der Waals surface area contributed by atoms with Gasteiger partial charge in [-0.2, -0.15) is 23.0 Å². The topological polar surface area (TPSA) is 86.6 Å². The summed E-state index contributed by atoms with van der Waals surface area (Å²) in [6, 6.07) is 3.13. The molecule has 0 N–H and O–H groups in total. The molecule has 0 aliphatic carbocycles. The van der Waals surface area contributed by atoms with Crippen LogP contribution in [0.5, 0.6) is 5.88 Å². The predicted molar refractivity (Wildman–Crippen MR) is 73.3 cm³/mol. The molecule has 1 fully saturated rings. The van der Waals surface area contributed by atoms with Crippen LogP contribution in [0.1, 0.15) is 16.1 Å². The van der Waals surface area contributed by atoms with E-state index in [4.69, 9.17) is 9.47 Å². The van der Waals surface area contributed by atoms with Gasteiger partial charge in [-0.1, -0.05) is 0 Å². The number of hydrogen-bond donors (Lipinski definition) is 0. The molecule has 1 aliphatic heterocycles. The van der Waals surface area contributed by atoms with Gasteiger partial charge in [0.05, 0.1) is 31.2 Å². The van der Waals surface area contributed by atoms with Crippen molar-refractivity contribution in [2.45, 2.75) is 12.3 Å². The van der Waals surface area contributed by atoms with Gasteiger partial charge in [0, 0.05) is 12.1 Å². The van der Waals surface area contributed by atoms with Gasteiger partial charge >= 0.3 is 6.18 Å². The molecule has 0 spiro atoms. The summed E-state index contributed by atoms with van der Waals surface area (Å²) in [5.41, 5.74) is -3.19. The van der Waals surface area contributed by atoms with Gasteiger partial charge in [0.1, 0.15) is 11.8 Å². The number of alkyl halides is 3. The zero-order chi connectivity index (χ0) is 17.5. The van der Waals surface area contributed by atoms with Crippen molar-refractivity contribution in [3.8, 4) is 11.6 Å². The molecule has 3 rings (SSSR count). The van der Waals surface area contributed by atoms with Crippen molar-refractivity contribution in [1.82, 2.24) is 14.8 Å². The highest BCUT2D eigenvalue weighted by Gasteiger charge is 2.42. The molecule has 10 heteroatoms. The summed E-state index contributed by atoms with van der Waals surface area (Å²) in [5.74, 6) is -0.668. The van der Waals surface area contributed by atoms with Crippen LogP contribution >= 0.6 is 0 Å². The molecule has 1 atom stereocenters. The second-order valence-electron chi connectivity index (χ2n) is 4.90. The van der Waals surface area contributed by atoms with Gasteiger partial charge in [-0.3, -0.25) is 9.59 Å². The average molecular weight is 341 g/mol. The third-order valence-electron chi connectivity index (χ3n) is 3.27. The number of epoxide rings is 1. The van der Waals surface area contributed by atoms with Gasteiger partial charge < -0.3 is 9.47 Å². The van der Waals surface area contributed by atoms with Crippen LogP contribution in [0.3, 0.4) is 0 Å². The summed E-state index contributed by atoms with van der Waals surface area (Å²) in [4.78, 5) is 27.9. The molecule has 1 aliphatic rings. The van der Waals surface area contributed by atoms with E-state index in [0.717, 1.165) is 0 Å². The molecule has 0 radical (unpaired) electrons. The Balaban J connectivity index is 2.15. The van der Waals surface area contributed by atoms with E-state index in [0.29, 0.717) is 10.7 Å². The number of pyridine rings is 1. The van der Waals surface area contributed by atoms with Crippen molar-refractivity contribution in [2.24, 2.45) is 0 Å². The maximum atomic E-state index is 13.1. The Kier molecular flexibility index (Phi) is 3.84. The van der Waals surface area contributed by atoms with Gasteiger partial charge in [-0.25, -0.2) is 4.98 Å². The highest BCUT2D eigenvalue weighted by molar-refractivity contribution is 6.00. The fourth-order valence-corrected chi connectivity index (χ4v) is 2.01. The van der Waals surface area contributed by atoms with E-state index in [1.54, 1.807) is 0 Å². The summed E-state index contributed by atoms with van der Waals surface area (Å²) in [6.07, 6.45) is -4.65. The Morgan fingerprint density at radius 2 is 2.12 bits per heavy atom. The zero-order valence-corrected chi connectivity index (χ0v) is 12.2. The number of rotatable bonds is 4. The minimum absolute atomic E-state index is 0.0288. The predicted octanol–water partition coefficient (Wildman–Crippen LogP) is 1.24. The van der Waals surface area contributed by atoms with Gasteiger partial charge in [-0.05, 0) is 6.07 Å². The molecule has 1 unspecified atom stereocenters. The summed E-state index contributed by atoms with van der Waals surface area (Å²) in [7, 11) is 1.39. The molecule has 2 aromatic heterocycles. The van der Waals surface area contributed by atoms with Crippen LogP contribution in [0.4, 0.5) is 13.2 Å². The number of hydrogen-bond acceptors (Lipinski definition) is 6. The normalized spacial score (nSPS) is 16.8. The first-order chi connectivity index (χ1) is 11.3. The fraction of sp³-hybridized carbons (Fsp3) is 0.286. The van der Waals surface area contributed by atoms with E-state index < -0.39 is 34.9 Å². The molecule has 0 bridgehead atoms. The van der Waals surface area contributed by atoms with Crippen LogP contribution in [0.15, 0.2) is 29.2 Å². The Morgan fingerprint density at radius 3 is 2.62 bits per heavy atom. The quantitative estimate of drug-likeness (QED) is 0.614. The number of Topliss-reactive ketones (excluding diaryl/α,β-unsaturated/α-hetero) is 1. The third-order valence-corrected chi connectivity index (χ3v) is 3.27. The first kappa shape index (κ1) is 16.1. The lowest BCUT2D eigenvalue weighted by Gasteiger charge is -2.13. The number of nitrogens with zero attached hydrogens (tertiary/aromatic N) is 3. The Hall–Kier alpha value is -2.75. The molecule has 0 aromatic carbocycles. The van der Waals surface area contributed by atoms with E-state index in [1.165, 1.54) is 25.4 Å². The van der Waals surface area contributed by atoms with Crippen LogP contribution < -0.4 is 10.3 Å². The first-order valence-corrected chi connectivity index (χ1v) is 6.69. The van der Waals surface area contributed by atoms with Gasteiger partial charge in [-0.15, -0.1) is 0 Å². The standard InChI is InChI=1S/C14H10F3N3O4/c1-23-10-3-2-7(5-18-10)20-11(21)4-8(14(15,16)17)12(19-20)13(22)9-6-24-9/h2-5,9H,6H2,1H3. The van der Waals surface area contributed by atoms with Gasteiger partial charge in [0.15, 0.2) is 0 Å². The first-order valence-electron chi connectivity index (χ1n) is 6.69. The van der Waals surface area contributed by atoms with Crippen molar-refractivity contribution in [3.63, 3.8) is 0 Å². The summed E-state index contributed by atoms with van der Waals surface area (Å²) >= 11 is 0. The highest BCUT2D eigenvalue weighted by Crippen LogP contribution is 2.32. The smallest absolute Gasteiger partial charge is 0.418 e. The average Bonchev–Trinajstić information content (AvgIpc) is 3.38. The molecule has 0 saturated carbocycles. The molecular formula is C14H10F3N3O4. The molecule has 7 nitrogen and oxygen atoms in total. The summed E-state index contributed by atoms with van der Waals surface area (Å²) in [5, 5.41) is 3.60. The molecular weight excluding hydrogens is 331 g/mol. The van der Waals surface area contributed by atoms with Crippen molar-refractivity contribution in [1.29, 1.82) is 0 Å². The van der Waals surface area contributed by atoms with Crippen LogP contribution in [-0.4, -0.2) is 40.4 Å². The molecule has 24 heavy (non-hydrogen) atoms. The second kappa shape index (κ2) is 5.71. The highest BCUT2D eigenvalue weighted by atomic mass is 19.4. The number of aromatic nitrogens is 3. The third kappa shape index (κ3) is 3.00. The maximum absolute atomic E-state index is 13.1. The van der Waals surface area contributed by atoms with E-state index in [-0.39, 0.29) is 18.2 Å². The molecule has 1 saturated heterocycles. The molecule has 2 aromatic rings. The zero-order valence-electron chi connectivity index (χ0n) is 12.2. The van der Waals surface area contributed by atoms with Gasteiger partial charge in [0.25, 0.3) is 5.56 Å². The monoisotopic (exact) mass is 341 g/mol. The minimum Gasteiger partial charge on any atom is -0.481 e. The van der Waals surface area contributed by atoms with E-state index in [2.05, 4.69) is 10.1 Å². The maximum Gasteiger partial charge on any atom is 0.418 e. The van der Waals surface area contributed by atoms with Crippen LogP contribution in [0.2, 0.25) is 0 Å². The van der Waals surface area contributed by atoms with Crippen LogP contribution in [0.25, 0.3) is 5.69 Å². The number of methoxy groups -OCH3 is 1. The summed E-state index contributed by atoms with van der Waals surface area (Å²) in [6.45, 7) is 0.0288. The summed E-state index contributed by atoms with van der Waals surface area (Å²) < 4.78 is 49.6. The minimum atomic E-state index is -4.89. The number of ketones is 1.